The Kier molecular flexibility index (Phi) is 4.84. The maximum Gasteiger partial charge on any atom is 0.250 e. The third kappa shape index (κ3) is 3.64. The fourth-order valence-corrected chi connectivity index (χ4v) is 2.25. The second-order valence-corrected chi connectivity index (χ2v) is 4.98. The molecule has 0 aliphatic rings. The minimum Gasteiger partial charge on any atom is -0.496 e. The number of carbonyl (C=O) groups excluding carboxylic acids is 1. The first kappa shape index (κ1) is 14.2. The fourth-order valence-electron chi connectivity index (χ4n) is 1.56. The van der Waals surface area contributed by atoms with Crippen LogP contribution in [0.4, 0.5) is 5.13 Å². The number of methoxy groups -OCH3 is 1. The van der Waals surface area contributed by atoms with Crippen LogP contribution in [0.5, 0.6) is 5.75 Å². The Hall–Kier alpha value is -2.21. The lowest BCUT2D eigenvalue weighted by atomic mass is 10.2. The molecule has 0 spiro atoms. The van der Waals surface area contributed by atoms with E-state index < -0.39 is 0 Å². The molecule has 1 aromatic heterocycles. The van der Waals surface area contributed by atoms with Gasteiger partial charge >= 0.3 is 0 Å². The van der Waals surface area contributed by atoms with Crippen molar-refractivity contribution in [3.05, 3.63) is 40.9 Å². The van der Waals surface area contributed by atoms with Crippen LogP contribution in [0.2, 0.25) is 0 Å². The summed E-state index contributed by atoms with van der Waals surface area (Å²) in [4.78, 5) is 11.8. The van der Waals surface area contributed by atoms with Gasteiger partial charge in [0.05, 0.1) is 7.11 Å². The van der Waals surface area contributed by atoms with Gasteiger partial charge in [0, 0.05) is 11.6 Å². The van der Waals surface area contributed by atoms with Crippen LogP contribution >= 0.6 is 11.3 Å². The van der Waals surface area contributed by atoms with E-state index in [1.54, 1.807) is 13.2 Å². The molecule has 5 nitrogen and oxygen atoms in total. The van der Waals surface area contributed by atoms with E-state index in [-0.39, 0.29) is 5.91 Å². The van der Waals surface area contributed by atoms with E-state index in [1.165, 1.54) is 17.4 Å². The zero-order valence-electron chi connectivity index (χ0n) is 11.3. The molecule has 1 N–H and O–H groups in total. The first-order chi connectivity index (χ1) is 9.72. The summed E-state index contributed by atoms with van der Waals surface area (Å²) in [6.45, 7) is 1.99. The van der Waals surface area contributed by atoms with Gasteiger partial charge in [0.15, 0.2) is 0 Å². The zero-order valence-corrected chi connectivity index (χ0v) is 12.1. The average Bonchev–Trinajstić information content (AvgIpc) is 2.93. The maximum absolute atomic E-state index is 11.8. The second-order valence-electron chi connectivity index (χ2n) is 3.92. The number of hydrogen-bond acceptors (Lipinski definition) is 5. The van der Waals surface area contributed by atoms with Gasteiger partial charge in [0.1, 0.15) is 10.8 Å². The van der Waals surface area contributed by atoms with Gasteiger partial charge in [-0.15, -0.1) is 10.2 Å². The number of para-hydroxylation sites is 1. The number of anilines is 1. The molecule has 0 fully saturated rings. The molecule has 2 rings (SSSR count). The normalized spacial score (nSPS) is 10.7. The minimum absolute atomic E-state index is 0.241. The highest BCUT2D eigenvalue weighted by Gasteiger charge is 2.05. The van der Waals surface area contributed by atoms with Crippen molar-refractivity contribution >= 4 is 28.5 Å². The minimum atomic E-state index is -0.241. The van der Waals surface area contributed by atoms with Crippen molar-refractivity contribution in [2.45, 2.75) is 13.3 Å². The molecule has 0 atom stereocenters. The summed E-state index contributed by atoms with van der Waals surface area (Å²) >= 11 is 1.38. The van der Waals surface area contributed by atoms with Gasteiger partial charge in [-0.3, -0.25) is 10.1 Å². The highest BCUT2D eigenvalue weighted by Crippen LogP contribution is 2.19. The summed E-state index contributed by atoms with van der Waals surface area (Å²) < 4.78 is 5.21. The summed E-state index contributed by atoms with van der Waals surface area (Å²) in [5.41, 5.74) is 0.844. The van der Waals surface area contributed by atoms with Gasteiger partial charge in [0.2, 0.25) is 11.0 Å². The smallest absolute Gasteiger partial charge is 0.250 e. The average molecular weight is 289 g/mol. The number of aryl methyl sites for hydroxylation is 1. The Labute approximate surface area is 121 Å². The first-order valence-electron chi connectivity index (χ1n) is 6.17. The maximum atomic E-state index is 11.8. The van der Waals surface area contributed by atoms with Crippen LogP contribution in [0.15, 0.2) is 30.3 Å². The third-order valence-corrected chi connectivity index (χ3v) is 3.54. The summed E-state index contributed by atoms with van der Waals surface area (Å²) in [6, 6.07) is 7.49. The Bertz CT molecular complexity index is 622. The van der Waals surface area contributed by atoms with E-state index >= 15 is 0 Å². The lowest BCUT2D eigenvalue weighted by molar-refractivity contribution is -0.111. The van der Waals surface area contributed by atoms with Crippen molar-refractivity contribution in [1.29, 1.82) is 0 Å². The number of nitrogens with zero attached hydrogens (tertiary/aromatic N) is 2. The Morgan fingerprint density at radius 1 is 1.40 bits per heavy atom. The fraction of sp³-hybridized carbons (Fsp3) is 0.214. The van der Waals surface area contributed by atoms with Crippen molar-refractivity contribution in [2.24, 2.45) is 0 Å². The van der Waals surface area contributed by atoms with Crippen LogP contribution < -0.4 is 10.1 Å². The van der Waals surface area contributed by atoms with Gasteiger partial charge in [-0.1, -0.05) is 36.5 Å². The van der Waals surface area contributed by atoms with E-state index in [2.05, 4.69) is 15.5 Å². The lowest BCUT2D eigenvalue weighted by Gasteiger charge is -2.03. The number of ether oxygens (including phenoxy) is 1. The molecular formula is C14H15N3O2S. The molecule has 6 heteroatoms. The molecule has 0 radical (unpaired) electrons. The molecule has 2 aromatic rings. The Morgan fingerprint density at radius 3 is 2.90 bits per heavy atom. The van der Waals surface area contributed by atoms with Crippen LogP contribution in [0.3, 0.4) is 0 Å². The molecule has 0 saturated heterocycles. The molecule has 0 bridgehead atoms. The molecule has 20 heavy (non-hydrogen) atoms. The van der Waals surface area contributed by atoms with Gasteiger partial charge < -0.3 is 4.74 Å². The second kappa shape index (κ2) is 6.81. The molecule has 1 amide bonds. The van der Waals surface area contributed by atoms with Gasteiger partial charge in [-0.2, -0.15) is 0 Å². The van der Waals surface area contributed by atoms with E-state index in [0.717, 1.165) is 22.7 Å². The monoisotopic (exact) mass is 289 g/mol. The quantitative estimate of drug-likeness (QED) is 0.860. The topological polar surface area (TPSA) is 64.1 Å². The number of hydrogen-bond donors (Lipinski definition) is 1. The van der Waals surface area contributed by atoms with Crippen molar-refractivity contribution in [2.75, 3.05) is 12.4 Å². The SMILES string of the molecule is CCc1nnc(NC(=O)/C=C/c2ccccc2OC)s1. The number of nitrogens with one attached hydrogen (secondary N) is 1. The van der Waals surface area contributed by atoms with E-state index in [0.29, 0.717) is 5.13 Å². The van der Waals surface area contributed by atoms with Crippen LogP contribution in [-0.4, -0.2) is 23.2 Å². The van der Waals surface area contributed by atoms with E-state index in [9.17, 15) is 4.79 Å². The zero-order chi connectivity index (χ0) is 14.4. The van der Waals surface area contributed by atoms with Crippen LogP contribution in [0.25, 0.3) is 6.08 Å². The van der Waals surface area contributed by atoms with Crippen LogP contribution in [0.1, 0.15) is 17.5 Å². The highest BCUT2D eigenvalue weighted by atomic mass is 32.1. The number of rotatable bonds is 5. The Morgan fingerprint density at radius 2 is 2.20 bits per heavy atom. The van der Waals surface area contributed by atoms with E-state index in [4.69, 9.17) is 4.74 Å². The molecule has 104 valence electrons. The molecule has 0 saturated carbocycles. The first-order valence-corrected chi connectivity index (χ1v) is 6.99. The van der Waals surface area contributed by atoms with Gasteiger partial charge in [-0.25, -0.2) is 0 Å². The summed E-state index contributed by atoms with van der Waals surface area (Å²) in [7, 11) is 1.60. The molecule has 0 aliphatic carbocycles. The van der Waals surface area contributed by atoms with Crippen LogP contribution in [0, 0.1) is 0 Å². The highest BCUT2D eigenvalue weighted by molar-refractivity contribution is 7.15. The summed E-state index contributed by atoms with van der Waals surface area (Å²) in [5.74, 6) is 0.482. The number of aromatic nitrogens is 2. The van der Waals surface area contributed by atoms with Gasteiger partial charge in [0.25, 0.3) is 0 Å². The molecular weight excluding hydrogens is 274 g/mol. The van der Waals surface area contributed by atoms with Crippen molar-refractivity contribution in [3.8, 4) is 5.75 Å². The van der Waals surface area contributed by atoms with Crippen molar-refractivity contribution in [1.82, 2.24) is 10.2 Å². The predicted molar refractivity (Wildman–Crippen MR) is 79.9 cm³/mol. The Balaban J connectivity index is 2.02. The summed E-state index contributed by atoms with van der Waals surface area (Å²) in [5, 5.41) is 11.9. The van der Waals surface area contributed by atoms with E-state index in [1.807, 2.05) is 31.2 Å². The molecule has 0 unspecified atom stereocenters. The lowest BCUT2D eigenvalue weighted by Crippen LogP contribution is -2.07. The largest absolute Gasteiger partial charge is 0.496 e. The third-order valence-electron chi connectivity index (χ3n) is 2.55. The molecule has 0 aliphatic heterocycles. The predicted octanol–water partition coefficient (Wildman–Crippen LogP) is 2.76. The summed E-state index contributed by atoms with van der Waals surface area (Å²) in [6.07, 6.45) is 3.96. The number of carbonyl (C=O) groups is 1. The number of benzene rings is 1. The standard InChI is InChI=1S/C14H15N3O2S/c1-3-13-16-17-14(20-13)15-12(18)9-8-10-6-4-5-7-11(10)19-2/h4-9H,3H2,1-2H3,(H,15,17,18)/b9-8+. The van der Waals surface area contributed by atoms with Gasteiger partial charge in [-0.05, 0) is 18.6 Å². The number of amides is 1. The molecule has 1 heterocycles. The van der Waals surface area contributed by atoms with Crippen LogP contribution in [-0.2, 0) is 11.2 Å². The van der Waals surface area contributed by atoms with Crippen molar-refractivity contribution < 1.29 is 9.53 Å². The van der Waals surface area contributed by atoms with Crippen molar-refractivity contribution in [3.63, 3.8) is 0 Å². The molecule has 1 aromatic carbocycles.